The molecule has 142 valence electrons. The molecule has 4 heteroatoms. The van der Waals surface area contributed by atoms with Crippen LogP contribution in [0, 0.1) is 0 Å². The molecule has 4 rings (SSSR count). The molecular formula is C24H23NO3. The van der Waals surface area contributed by atoms with Crippen LogP contribution < -0.4 is 10.1 Å². The number of hydrogen-bond donors (Lipinski definition) is 2. The molecule has 0 radical (unpaired) electrons. The van der Waals surface area contributed by atoms with Crippen LogP contribution in [0.2, 0.25) is 0 Å². The minimum Gasteiger partial charge on any atom is -0.493 e. The van der Waals surface area contributed by atoms with Crippen molar-refractivity contribution in [3.05, 3.63) is 90.0 Å². The fraction of sp³-hybridized carbons (Fsp3) is 0.208. The third-order valence-corrected chi connectivity index (χ3v) is 5.17. The van der Waals surface area contributed by atoms with Crippen LogP contribution in [-0.2, 0) is 16.8 Å². The number of carbonyl (C=O) groups excluding carboxylic acids is 1. The van der Waals surface area contributed by atoms with Crippen LogP contribution in [0.1, 0.15) is 17.5 Å². The number of aliphatic hydroxyl groups is 1. The average molecular weight is 373 g/mol. The molecule has 1 unspecified atom stereocenters. The summed E-state index contributed by atoms with van der Waals surface area (Å²) in [6.07, 6.45) is 0.735. The normalized spacial score (nSPS) is 18.0. The zero-order valence-corrected chi connectivity index (χ0v) is 15.6. The highest BCUT2D eigenvalue weighted by Crippen LogP contribution is 2.36. The Morgan fingerprint density at radius 3 is 2.39 bits per heavy atom. The molecule has 1 amide bonds. The van der Waals surface area contributed by atoms with Gasteiger partial charge in [0.1, 0.15) is 11.4 Å². The molecule has 1 aliphatic rings. The fourth-order valence-electron chi connectivity index (χ4n) is 3.56. The van der Waals surface area contributed by atoms with Crippen LogP contribution in [-0.4, -0.2) is 24.2 Å². The van der Waals surface area contributed by atoms with Crippen molar-refractivity contribution in [1.82, 2.24) is 5.32 Å². The molecule has 4 nitrogen and oxygen atoms in total. The molecule has 0 fully saturated rings. The van der Waals surface area contributed by atoms with Crippen LogP contribution in [0.25, 0.3) is 11.1 Å². The van der Waals surface area contributed by atoms with Crippen LogP contribution in [0.5, 0.6) is 5.75 Å². The van der Waals surface area contributed by atoms with Gasteiger partial charge in [-0.25, -0.2) is 0 Å². The zero-order chi connectivity index (χ0) is 19.4. The topological polar surface area (TPSA) is 58.6 Å². The van der Waals surface area contributed by atoms with E-state index in [-0.39, 0.29) is 18.9 Å². The Bertz CT molecular complexity index is 953. The van der Waals surface area contributed by atoms with Crippen LogP contribution in [0.15, 0.2) is 78.9 Å². The number of amides is 1. The van der Waals surface area contributed by atoms with E-state index in [1.165, 1.54) is 0 Å². The molecule has 1 aliphatic heterocycles. The largest absolute Gasteiger partial charge is 0.493 e. The predicted octanol–water partition coefficient (Wildman–Crippen LogP) is 3.68. The lowest BCUT2D eigenvalue weighted by Gasteiger charge is -2.34. The molecule has 0 saturated heterocycles. The van der Waals surface area contributed by atoms with Gasteiger partial charge in [-0.3, -0.25) is 4.79 Å². The number of nitrogens with one attached hydrogen (secondary N) is 1. The summed E-state index contributed by atoms with van der Waals surface area (Å²) in [6, 6.07) is 25.6. The third kappa shape index (κ3) is 3.92. The van der Waals surface area contributed by atoms with Crippen molar-refractivity contribution in [3.8, 4) is 16.9 Å². The van der Waals surface area contributed by atoms with Gasteiger partial charge in [0, 0.05) is 12.0 Å². The summed E-state index contributed by atoms with van der Waals surface area (Å²) in [5, 5.41) is 13.9. The van der Waals surface area contributed by atoms with Crippen molar-refractivity contribution in [1.29, 1.82) is 0 Å². The van der Waals surface area contributed by atoms with E-state index >= 15 is 0 Å². The number of rotatable bonds is 5. The van der Waals surface area contributed by atoms with E-state index in [9.17, 15) is 9.90 Å². The van der Waals surface area contributed by atoms with Gasteiger partial charge in [-0.1, -0.05) is 72.8 Å². The van der Waals surface area contributed by atoms with E-state index in [4.69, 9.17) is 4.74 Å². The third-order valence-electron chi connectivity index (χ3n) is 5.17. The fourth-order valence-corrected chi connectivity index (χ4v) is 3.56. The summed E-state index contributed by atoms with van der Waals surface area (Å²) in [7, 11) is 0. The van der Waals surface area contributed by atoms with Gasteiger partial charge in [0.25, 0.3) is 0 Å². The Labute approximate surface area is 164 Å². The minimum absolute atomic E-state index is 0.107. The first-order chi connectivity index (χ1) is 13.6. The lowest BCUT2D eigenvalue weighted by Crippen LogP contribution is -2.44. The molecular weight excluding hydrogens is 350 g/mol. The molecule has 3 aromatic carbocycles. The average Bonchev–Trinajstić information content (AvgIpc) is 2.74. The SMILES string of the molecule is O=C(Cc1ccc(-c2ccccc2)cc1)NCC1(O)CCOc2ccccc21. The van der Waals surface area contributed by atoms with Gasteiger partial charge in [0.2, 0.25) is 5.91 Å². The summed E-state index contributed by atoms with van der Waals surface area (Å²) < 4.78 is 5.60. The Balaban J connectivity index is 1.38. The van der Waals surface area contributed by atoms with Gasteiger partial charge >= 0.3 is 0 Å². The quantitative estimate of drug-likeness (QED) is 0.717. The van der Waals surface area contributed by atoms with Crippen LogP contribution in [0.3, 0.4) is 0 Å². The molecule has 0 spiro atoms. The molecule has 1 heterocycles. The summed E-state index contributed by atoms with van der Waals surface area (Å²) in [6.45, 7) is 0.610. The minimum atomic E-state index is -1.10. The molecule has 0 aromatic heterocycles. The molecule has 28 heavy (non-hydrogen) atoms. The second kappa shape index (κ2) is 7.87. The second-order valence-corrected chi connectivity index (χ2v) is 7.14. The maximum Gasteiger partial charge on any atom is 0.224 e. The Morgan fingerprint density at radius 1 is 0.929 bits per heavy atom. The molecule has 0 bridgehead atoms. The lowest BCUT2D eigenvalue weighted by atomic mass is 9.88. The maximum atomic E-state index is 12.4. The highest BCUT2D eigenvalue weighted by molar-refractivity contribution is 5.79. The van der Waals surface area contributed by atoms with Crippen molar-refractivity contribution < 1.29 is 14.6 Å². The van der Waals surface area contributed by atoms with Gasteiger partial charge in [-0.05, 0) is 22.8 Å². The van der Waals surface area contributed by atoms with Crippen molar-refractivity contribution in [2.45, 2.75) is 18.4 Å². The first-order valence-corrected chi connectivity index (χ1v) is 9.50. The van der Waals surface area contributed by atoms with Crippen LogP contribution >= 0.6 is 0 Å². The first-order valence-electron chi connectivity index (χ1n) is 9.50. The highest BCUT2D eigenvalue weighted by atomic mass is 16.5. The van der Waals surface area contributed by atoms with E-state index in [0.29, 0.717) is 18.8 Å². The van der Waals surface area contributed by atoms with Gasteiger partial charge in [-0.2, -0.15) is 0 Å². The van der Waals surface area contributed by atoms with Crippen molar-refractivity contribution >= 4 is 5.91 Å². The highest BCUT2D eigenvalue weighted by Gasteiger charge is 2.35. The summed E-state index contributed by atoms with van der Waals surface area (Å²) in [5.41, 5.74) is 2.85. The van der Waals surface area contributed by atoms with Crippen LogP contribution in [0.4, 0.5) is 0 Å². The smallest absolute Gasteiger partial charge is 0.224 e. The summed E-state index contributed by atoms with van der Waals surface area (Å²) in [5.74, 6) is 0.576. The van der Waals surface area contributed by atoms with Gasteiger partial charge < -0.3 is 15.2 Å². The standard InChI is InChI=1S/C24H23NO3/c26-23(16-18-10-12-20(13-11-18)19-6-2-1-3-7-19)25-17-24(27)14-15-28-22-9-5-4-8-21(22)24/h1-13,27H,14-17H2,(H,25,26). The van der Waals surface area contributed by atoms with E-state index < -0.39 is 5.60 Å². The number of carbonyl (C=O) groups is 1. The van der Waals surface area contributed by atoms with Crippen molar-refractivity contribution in [2.75, 3.05) is 13.2 Å². The summed E-state index contributed by atoms with van der Waals surface area (Å²) in [4.78, 5) is 12.4. The van der Waals surface area contributed by atoms with Gasteiger partial charge in [0.05, 0.1) is 19.6 Å². The molecule has 3 aromatic rings. The molecule has 1 atom stereocenters. The zero-order valence-electron chi connectivity index (χ0n) is 15.6. The maximum absolute atomic E-state index is 12.4. The van der Waals surface area contributed by atoms with E-state index in [2.05, 4.69) is 17.4 Å². The van der Waals surface area contributed by atoms with Gasteiger partial charge in [-0.15, -0.1) is 0 Å². The Kier molecular flexibility index (Phi) is 5.13. The molecule has 0 aliphatic carbocycles. The van der Waals surface area contributed by atoms with Gasteiger partial charge in [0.15, 0.2) is 0 Å². The van der Waals surface area contributed by atoms with E-state index in [0.717, 1.165) is 22.3 Å². The monoisotopic (exact) mass is 373 g/mol. The number of para-hydroxylation sites is 1. The number of hydrogen-bond acceptors (Lipinski definition) is 3. The second-order valence-electron chi connectivity index (χ2n) is 7.14. The Morgan fingerprint density at radius 2 is 1.61 bits per heavy atom. The number of fused-ring (bicyclic) bond motifs is 1. The lowest BCUT2D eigenvalue weighted by molar-refractivity contribution is -0.122. The van der Waals surface area contributed by atoms with E-state index in [1.807, 2.05) is 66.7 Å². The van der Waals surface area contributed by atoms with Crippen molar-refractivity contribution in [3.63, 3.8) is 0 Å². The van der Waals surface area contributed by atoms with E-state index in [1.54, 1.807) is 0 Å². The van der Waals surface area contributed by atoms with Crippen molar-refractivity contribution in [2.24, 2.45) is 0 Å². The Hall–Kier alpha value is -3.11. The predicted molar refractivity (Wildman–Crippen MR) is 109 cm³/mol. The molecule has 2 N–H and O–H groups in total. The number of benzene rings is 3. The molecule has 0 saturated carbocycles. The first kappa shape index (κ1) is 18.3. The number of ether oxygens (including phenoxy) is 1. The summed E-state index contributed by atoms with van der Waals surface area (Å²) >= 11 is 0.